The molecule has 0 aromatic heterocycles. The third kappa shape index (κ3) is 4.72. The van der Waals surface area contributed by atoms with E-state index in [1.165, 1.54) is 0 Å². The molecule has 0 saturated carbocycles. The third-order valence-electron chi connectivity index (χ3n) is 3.80. The first-order chi connectivity index (χ1) is 10.2. The molecular formula is C16H24N2O3. The molecule has 5 heteroatoms. The second kappa shape index (κ2) is 8.00. The lowest BCUT2D eigenvalue weighted by Gasteiger charge is -2.22. The van der Waals surface area contributed by atoms with Gasteiger partial charge in [0.15, 0.2) is 0 Å². The number of carbonyl (C=O) groups is 1. The molecule has 5 nitrogen and oxygen atoms in total. The summed E-state index contributed by atoms with van der Waals surface area (Å²) in [7, 11) is 0. The van der Waals surface area contributed by atoms with Crippen LogP contribution in [0.5, 0.6) is 5.75 Å². The second-order valence-corrected chi connectivity index (χ2v) is 5.38. The molecule has 0 radical (unpaired) electrons. The minimum Gasteiger partial charge on any atom is -0.508 e. The summed E-state index contributed by atoms with van der Waals surface area (Å²) in [5, 5.41) is 15.8. The van der Waals surface area contributed by atoms with Crippen LogP contribution in [0.3, 0.4) is 0 Å². The van der Waals surface area contributed by atoms with E-state index in [0.717, 1.165) is 32.4 Å². The van der Waals surface area contributed by atoms with E-state index in [-0.39, 0.29) is 11.7 Å². The molecule has 1 aliphatic heterocycles. The number of amides is 1. The van der Waals surface area contributed by atoms with E-state index < -0.39 is 0 Å². The first kappa shape index (κ1) is 15.8. The molecule has 0 atom stereocenters. The van der Waals surface area contributed by atoms with Crippen molar-refractivity contribution in [1.82, 2.24) is 10.6 Å². The molecule has 1 fully saturated rings. The fourth-order valence-corrected chi connectivity index (χ4v) is 2.45. The molecule has 2 rings (SSSR count). The summed E-state index contributed by atoms with van der Waals surface area (Å²) in [4.78, 5) is 12.0. The van der Waals surface area contributed by atoms with Crippen molar-refractivity contribution in [2.75, 3.05) is 26.2 Å². The highest BCUT2D eigenvalue weighted by atomic mass is 16.5. The van der Waals surface area contributed by atoms with Crippen molar-refractivity contribution < 1.29 is 14.6 Å². The number of phenolic OH excluding ortho intramolecular Hbond substituents is 1. The molecule has 1 aromatic carbocycles. The molecule has 3 N–H and O–H groups in total. The van der Waals surface area contributed by atoms with E-state index in [0.29, 0.717) is 30.4 Å². The Balaban J connectivity index is 1.66. The summed E-state index contributed by atoms with van der Waals surface area (Å²) in [5.74, 6) is 0.00200. The number of phenols is 1. The summed E-state index contributed by atoms with van der Waals surface area (Å²) in [6.07, 6.45) is 3.28. The SMILES string of the molecule is Cc1c(O)cccc1C(=O)NCCCOC1CCNCC1. The van der Waals surface area contributed by atoms with Crippen LogP contribution in [0.1, 0.15) is 35.2 Å². The van der Waals surface area contributed by atoms with Crippen molar-refractivity contribution >= 4 is 5.91 Å². The van der Waals surface area contributed by atoms with E-state index in [1.54, 1.807) is 25.1 Å². The Labute approximate surface area is 125 Å². The van der Waals surface area contributed by atoms with Crippen molar-refractivity contribution in [2.45, 2.75) is 32.3 Å². The number of carbonyl (C=O) groups excluding carboxylic acids is 1. The Morgan fingerprint density at radius 2 is 2.19 bits per heavy atom. The summed E-state index contributed by atoms with van der Waals surface area (Å²) < 4.78 is 5.78. The van der Waals surface area contributed by atoms with Crippen molar-refractivity contribution in [3.63, 3.8) is 0 Å². The average molecular weight is 292 g/mol. The Kier molecular flexibility index (Phi) is 6.02. The van der Waals surface area contributed by atoms with Crippen LogP contribution in [0.4, 0.5) is 0 Å². The molecule has 1 saturated heterocycles. The number of benzene rings is 1. The van der Waals surface area contributed by atoms with Crippen molar-refractivity contribution in [3.05, 3.63) is 29.3 Å². The smallest absolute Gasteiger partial charge is 0.251 e. The van der Waals surface area contributed by atoms with Gasteiger partial charge in [0.2, 0.25) is 0 Å². The maximum absolute atomic E-state index is 12.0. The van der Waals surface area contributed by atoms with Crippen LogP contribution in [-0.4, -0.2) is 43.4 Å². The Morgan fingerprint density at radius 1 is 1.43 bits per heavy atom. The number of piperidine rings is 1. The zero-order chi connectivity index (χ0) is 15.1. The van der Waals surface area contributed by atoms with Gasteiger partial charge in [-0.1, -0.05) is 6.07 Å². The summed E-state index contributed by atoms with van der Waals surface area (Å²) in [6.45, 7) is 5.05. The van der Waals surface area contributed by atoms with Gasteiger partial charge in [0.05, 0.1) is 6.10 Å². The topological polar surface area (TPSA) is 70.6 Å². The number of ether oxygens (including phenoxy) is 1. The van der Waals surface area contributed by atoms with Gasteiger partial charge < -0.3 is 20.5 Å². The minimum absolute atomic E-state index is 0.148. The van der Waals surface area contributed by atoms with Crippen LogP contribution in [0.15, 0.2) is 18.2 Å². The Morgan fingerprint density at radius 3 is 2.95 bits per heavy atom. The second-order valence-electron chi connectivity index (χ2n) is 5.38. The van der Waals surface area contributed by atoms with Gasteiger partial charge in [-0.05, 0) is 51.4 Å². The van der Waals surface area contributed by atoms with Gasteiger partial charge in [-0.25, -0.2) is 0 Å². The van der Waals surface area contributed by atoms with Gasteiger partial charge in [0.1, 0.15) is 5.75 Å². The molecule has 1 aliphatic rings. The fourth-order valence-electron chi connectivity index (χ4n) is 2.45. The molecule has 0 spiro atoms. The third-order valence-corrected chi connectivity index (χ3v) is 3.80. The van der Waals surface area contributed by atoms with Crippen molar-refractivity contribution in [1.29, 1.82) is 0 Å². The first-order valence-electron chi connectivity index (χ1n) is 7.57. The lowest BCUT2D eigenvalue weighted by molar-refractivity contribution is 0.0318. The molecule has 116 valence electrons. The van der Waals surface area contributed by atoms with Gasteiger partial charge >= 0.3 is 0 Å². The standard InChI is InChI=1S/C16H24N2O3/c1-12-14(4-2-5-15(12)19)16(20)18-8-3-11-21-13-6-9-17-10-7-13/h2,4-5,13,17,19H,3,6-11H2,1H3,(H,18,20). The predicted molar refractivity (Wildman–Crippen MR) is 81.6 cm³/mol. The van der Waals surface area contributed by atoms with E-state index in [9.17, 15) is 9.90 Å². The molecule has 0 bridgehead atoms. The van der Waals surface area contributed by atoms with E-state index in [1.807, 2.05) is 0 Å². The summed E-state index contributed by atoms with van der Waals surface area (Å²) >= 11 is 0. The normalized spacial score (nSPS) is 15.9. The quantitative estimate of drug-likeness (QED) is 0.696. The summed E-state index contributed by atoms with van der Waals surface area (Å²) in [5.41, 5.74) is 1.13. The molecule has 0 aliphatic carbocycles. The van der Waals surface area contributed by atoms with Gasteiger partial charge in [0.25, 0.3) is 5.91 Å². The molecule has 1 heterocycles. The number of nitrogens with one attached hydrogen (secondary N) is 2. The highest BCUT2D eigenvalue weighted by Gasteiger charge is 2.13. The number of hydrogen-bond acceptors (Lipinski definition) is 4. The van der Waals surface area contributed by atoms with Crippen molar-refractivity contribution in [3.8, 4) is 5.75 Å². The van der Waals surface area contributed by atoms with Gasteiger partial charge in [-0.2, -0.15) is 0 Å². The fraction of sp³-hybridized carbons (Fsp3) is 0.562. The number of hydrogen-bond donors (Lipinski definition) is 3. The van der Waals surface area contributed by atoms with E-state index in [4.69, 9.17) is 4.74 Å². The van der Waals surface area contributed by atoms with Crippen LogP contribution in [0, 0.1) is 6.92 Å². The van der Waals surface area contributed by atoms with E-state index in [2.05, 4.69) is 10.6 Å². The predicted octanol–water partition coefficient (Wildman–Crippen LogP) is 1.59. The first-order valence-corrected chi connectivity index (χ1v) is 7.57. The van der Waals surface area contributed by atoms with E-state index >= 15 is 0 Å². The monoisotopic (exact) mass is 292 g/mol. The molecule has 21 heavy (non-hydrogen) atoms. The molecule has 1 amide bonds. The van der Waals surface area contributed by atoms with Crippen LogP contribution in [-0.2, 0) is 4.74 Å². The van der Waals surface area contributed by atoms with Crippen LogP contribution in [0.2, 0.25) is 0 Å². The number of rotatable bonds is 6. The molecule has 0 unspecified atom stereocenters. The highest BCUT2D eigenvalue weighted by molar-refractivity contribution is 5.96. The minimum atomic E-state index is -0.148. The van der Waals surface area contributed by atoms with Crippen LogP contribution >= 0.6 is 0 Å². The maximum atomic E-state index is 12.0. The Hall–Kier alpha value is -1.59. The molecular weight excluding hydrogens is 268 g/mol. The van der Waals surface area contributed by atoms with Gasteiger partial charge in [0, 0.05) is 24.3 Å². The zero-order valence-electron chi connectivity index (χ0n) is 12.5. The zero-order valence-corrected chi connectivity index (χ0v) is 12.5. The molecule has 1 aromatic rings. The lowest BCUT2D eigenvalue weighted by atomic mass is 10.1. The van der Waals surface area contributed by atoms with Crippen LogP contribution in [0.25, 0.3) is 0 Å². The van der Waals surface area contributed by atoms with Crippen LogP contribution < -0.4 is 10.6 Å². The maximum Gasteiger partial charge on any atom is 0.251 e. The number of aromatic hydroxyl groups is 1. The van der Waals surface area contributed by atoms with Gasteiger partial charge in [-0.3, -0.25) is 4.79 Å². The highest BCUT2D eigenvalue weighted by Crippen LogP contribution is 2.19. The average Bonchev–Trinajstić information content (AvgIpc) is 2.50. The van der Waals surface area contributed by atoms with Gasteiger partial charge in [-0.15, -0.1) is 0 Å². The van der Waals surface area contributed by atoms with Crippen molar-refractivity contribution in [2.24, 2.45) is 0 Å². The largest absolute Gasteiger partial charge is 0.508 e. The Bertz CT molecular complexity index is 471. The lowest BCUT2D eigenvalue weighted by Crippen LogP contribution is -2.33. The summed E-state index contributed by atoms with van der Waals surface area (Å²) in [6, 6.07) is 4.98.